The standard InChI is InChI=1S/C23H19N3O3/c1-16-9-5-6-12-18(16)22-25-23(29-26-22)19-13-7-8-14-20(19)28-15-21(27)24-17-10-3-2-4-11-17/h2-14H,15H2,1H3,(H,24,27). The summed E-state index contributed by atoms with van der Waals surface area (Å²) < 4.78 is 11.2. The van der Waals surface area contributed by atoms with E-state index in [1.807, 2.05) is 79.7 Å². The fourth-order valence-corrected chi connectivity index (χ4v) is 2.90. The Morgan fingerprint density at radius 2 is 1.62 bits per heavy atom. The molecule has 144 valence electrons. The number of nitrogens with zero attached hydrogens (tertiary/aromatic N) is 2. The summed E-state index contributed by atoms with van der Waals surface area (Å²) in [6.45, 7) is 1.86. The molecule has 6 heteroatoms. The van der Waals surface area contributed by atoms with Crippen molar-refractivity contribution in [1.82, 2.24) is 10.1 Å². The molecule has 0 bridgehead atoms. The van der Waals surface area contributed by atoms with Crippen LogP contribution in [0.4, 0.5) is 5.69 Å². The topological polar surface area (TPSA) is 77.2 Å². The third-order valence-corrected chi connectivity index (χ3v) is 4.35. The Labute approximate surface area is 168 Å². The van der Waals surface area contributed by atoms with Crippen LogP contribution in [-0.4, -0.2) is 22.7 Å². The molecule has 1 heterocycles. The van der Waals surface area contributed by atoms with E-state index in [1.165, 1.54) is 0 Å². The fourth-order valence-electron chi connectivity index (χ4n) is 2.90. The molecule has 0 saturated heterocycles. The number of hydrogen-bond donors (Lipinski definition) is 1. The Bertz CT molecular complexity index is 1120. The van der Waals surface area contributed by atoms with Gasteiger partial charge in [-0.05, 0) is 36.8 Å². The SMILES string of the molecule is Cc1ccccc1-c1noc(-c2ccccc2OCC(=O)Nc2ccccc2)n1. The number of nitrogens with one attached hydrogen (secondary N) is 1. The molecular weight excluding hydrogens is 366 g/mol. The van der Waals surface area contributed by atoms with E-state index < -0.39 is 0 Å². The van der Waals surface area contributed by atoms with Gasteiger partial charge in [-0.25, -0.2) is 0 Å². The van der Waals surface area contributed by atoms with Crippen molar-refractivity contribution in [2.75, 3.05) is 11.9 Å². The lowest BCUT2D eigenvalue weighted by atomic mass is 10.1. The lowest BCUT2D eigenvalue weighted by Gasteiger charge is -2.09. The van der Waals surface area contributed by atoms with Crippen LogP contribution in [0.25, 0.3) is 22.8 Å². The summed E-state index contributed by atoms with van der Waals surface area (Å²) in [5.41, 5.74) is 3.31. The summed E-state index contributed by atoms with van der Waals surface area (Å²) in [7, 11) is 0. The Kier molecular flexibility index (Phi) is 5.33. The van der Waals surface area contributed by atoms with Crippen LogP contribution in [0.2, 0.25) is 0 Å². The Hall–Kier alpha value is -3.93. The summed E-state index contributed by atoms with van der Waals surface area (Å²) in [5.74, 6) is 1.09. The second-order valence-electron chi connectivity index (χ2n) is 6.44. The van der Waals surface area contributed by atoms with Crippen LogP contribution in [0.15, 0.2) is 83.4 Å². The third-order valence-electron chi connectivity index (χ3n) is 4.35. The number of benzene rings is 3. The molecule has 29 heavy (non-hydrogen) atoms. The zero-order valence-electron chi connectivity index (χ0n) is 15.8. The van der Waals surface area contributed by atoms with Gasteiger partial charge in [0.2, 0.25) is 5.82 Å². The summed E-state index contributed by atoms with van der Waals surface area (Å²) >= 11 is 0. The van der Waals surface area contributed by atoms with Gasteiger partial charge in [-0.2, -0.15) is 4.98 Å². The molecule has 0 atom stereocenters. The van der Waals surface area contributed by atoms with Crippen LogP contribution in [0, 0.1) is 6.92 Å². The maximum absolute atomic E-state index is 12.2. The summed E-state index contributed by atoms with van der Waals surface area (Å²) in [4.78, 5) is 16.7. The number of carbonyl (C=O) groups is 1. The molecule has 0 spiro atoms. The zero-order chi connectivity index (χ0) is 20.1. The van der Waals surface area contributed by atoms with E-state index in [2.05, 4.69) is 15.5 Å². The smallest absolute Gasteiger partial charge is 0.262 e. The monoisotopic (exact) mass is 385 g/mol. The predicted molar refractivity (Wildman–Crippen MR) is 110 cm³/mol. The second kappa shape index (κ2) is 8.39. The number of hydrogen-bond acceptors (Lipinski definition) is 5. The molecule has 0 radical (unpaired) electrons. The maximum Gasteiger partial charge on any atom is 0.262 e. The highest BCUT2D eigenvalue weighted by atomic mass is 16.5. The number of aromatic nitrogens is 2. The Balaban J connectivity index is 1.50. The molecule has 0 fully saturated rings. The zero-order valence-corrected chi connectivity index (χ0v) is 15.8. The summed E-state index contributed by atoms with van der Waals surface area (Å²) in [6.07, 6.45) is 0. The van der Waals surface area contributed by atoms with Crippen molar-refractivity contribution in [2.45, 2.75) is 6.92 Å². The average Bonchev–Trinajstić information content (AvgIpc) is 3.23. The highest BCUT2D eigenvalue weighted by Crippen LogP contribution is 2.30. The number of amides is 1. The van der Waals surface area contributed by atoms with Crippen molar-refractivity contribution >= 4 is 11.6 Å². The van der Waals surface area contributed by atoms with E-state index in [4.69, 9.17) is 9.26 Å². The van der Waals surface area contributed by atoms with E-state index >= 15 is 0 Å². The molecule has 1 aromatic heterocycles. The van der Waals surface area contributed by atoms with E-state index in [-0.39, 0.29) is 12.5 Å². The van der Waals surface area contributed by atoms with E-state index in [0.717, 1.165) is 11.1 Å². The molecule has 3 aromatic carbocycles. The van der Waals surface area contributed by atoms with Gasteiger partial charge in [0.1, 0.15) is 5.75 Å². The van der Waals surface area contributed by atoms with Gasteiger partial charge < -0.3 is 14.6 Å². The first-order chi connectivity index (χ1) is 14.2. The van der Waals surface area contributed by atoms with Crippen LogP contribution < -0.4 is 10.1 Å². The predicted octanol–water partition coefficient (Wildman–Crippen LogP) is 4.73. The van der Waals surface area contributed by atoms with Gasteiger partial charge in [0, 0.05) is 11.3 Å². The van der Waals surface area contributed by atoms with Crippen molar-refractivity contribution in [3.63, 3.8) is 0 Å². The molecule has 6 nitrogen and oxygen atoms in total. The van der Waals surface area contributed by atoms with E-state index in [9.17, 15) is 4.79 Å². The quantitative estimate of drug-likeness (QED) is 0.519. The minimum atomic E-state index is -0.253. The van der Waals surface area contributed by atoms with Crippen LogP contribution in [0.5, 0.6) is 5.75 Å². The lowest BCUT2D eigenvalue weighted by molar-refractivity contribution is -0.118. The van der Waals surface area contributed by atoms with Crippen molar-refractivity contribution in [1.29, 1.82) is 0 Å². The van der Waals surface area contributed by atoms with E-state index in [1.54, 1.807) is 6.07 Å². The molecule has 0 aliphatic heterocycles. The molecule has 0 aliphatic rings. The van der Waals surface area contributed by atoms with Crippen LogP contribution in [0.1, 0.15) is 5.56 Å². The molecule has 0 saturated carbocycles. The van der Waals surface area contributed by atoms with Gasteiger partial charge in [0.15, 0.2) is 6.61 Å². The highest BCUT2D eigenvalue weighted by molar-refractivity contribution is 5.91. The van der Waals surface area contributed by atoms with Gasteiger partial charge in [-0.15, -0.1) is 0 Å². The normalized spacial score (nSPS) is 10.5. The molecule has 0 aliphatic carbocycles. The second-order valence-corrected chi connectivity index (χ2v) is 6.44. The van der Waals surface area contributed by atoms with Gasteiger partial charge in [-0.1, -0.05) is 59.8 Å². The average molecular weight is 385 g/mol. The van der Waals surface area contributed by atoms with E-state index in [0.29, 0.717) is 28.7 Å². The first-order valence-electron chi connectivity index (χ1n) is 9.17. The number of para-hydroxylation sites is 2. The lowest BCUT2D eigenvalue weighted by Crippen LogP contribution is -2.20. The molecule has 1 N–H and O–H groups in total. The number of aryl methyl sites for hydroxylation is 1. The molecule has 0 unspecified atom stereocenters. The molecule has 1 amide bonds. The molecule has 4 aromatic rings. The van der Waals surface area contributed by atoms with Crippen molar-refractivity contribution in [2.24, 2.45) is 0 Å². The minimum Gasteiger partial charge on any atom is -0.483 e. The fraction of sp³-hybridized carbons (Fsp3) is 0.0870. The van der Waals surface area contributed by atoms with Gasteiger partial charge in [0.25, 0.3) is 11.8 Å². The number of anilines is 1. The third kappa shape index (κ3) is 4.32. The van der Waals surface area contributed by atoms with Crippen molar-refractivity contribution in [3.8, 4) is 28.6 Å². The van der Waals surface area contributed by atoms with Crippen molar-refractivity contribution < 1.29 is 14.1 Å². The summed E-state index contributed by atoms with van der Waals surface area (Å²) in [6, 6.07) is 24.3. The number of ether oxygens (including phenoxy) is 1. The van der Waals surface area contributed by atoms with Crippen LogP contribution >= 0.6 is 0 Å². The maximum atomic E-state index is 12.2. The molecule has 4 rings (SSSR count). The first-order valence-corrected chi connectivity index (χ1v) is 9.17. The Morgan fingerprint density at radius 1 is 0.931 bits per heavy atom. The van der Waals surface area contributed by atoms with Gasteiger partial charge in [0.05, 0.1) is 5.56 Å². The van der Waals surface area contributed by atoms with Crippen molar-refractivity contribution in [3.05, 3.63) is 84.4 Å². The van der Waals surface area contributed by atoms with Gasteiger partial charge >= 0.3 is 0 Å². The van der Waals surface area contributed by atoms with Crippen LogP contribution in [0.3, 0.4) is 0 Å². The minimum absolute atomic E-state index is 0.134. The number of rotatable bonds is 6. The molecular formula is C23H19N3O3. The number of carbonyl (C=O) groups excluding carboxylic acids is 1. The highest BCUT2D eigenvalue weighted by Gasteiger charge is 2.16. The van der Waals surface area contributed by atoms with Crippen LogP contribution in [-0.2, 0) is 4.79 Å². The largest absolute Gasteiger partial charge is 0.483 e. The summed E-state index contributed by atoms with van der Waals surface area (Å²) in [5, 5.41) is 6.88. The Morgan fingerprint density at radius 3 is 2.41 bits per heavy atom. The van der Waals surface area contributed by atoms with Gasteiger partial charge in [-0.3, -0.25) is 4.79 Å². The first kappa shape index (κ1) is 18.4.